The summed E-state index contributed by atoms with van der Waals surface area (Å²) in [6.07, 6.45) is -0.0613. The largest absolute Gasteiger partial charge is 0.481 e. The number of carbonyl (C=O) groups is 2. The lowest BCUT2D eigenvalue weighted by atomic mass is 9.97. The van der Waals surface area contributed by atoms with E-state index in [1.807, 2.05) is 13.8 Å². The third-order valence-electron chi connectivity index (χ3n) is 3.46. The lowest BCUT2D eigenvalue weighted by molar-refractivity contribution is -0.137. The van der Waals surface area contributed by atoms with Crippen molar-refractivity contribution in [1.29, 1.82) is 0 Å². The molecule has 0 bridgehead atoms. The van der Waals surface area contributed by atoms with E-state index in [1.54, 1.807) is 7.05 Å². The van der Waals surface area contributed by atoms with Gasteiger partial charge in [-0.25, -0.2) is 4.79 Å². The molecule has 0 spiro atoms. The first-order chi connectivity index (χ1) is 9.72. The Morgan fingerprint density at radius 1 is 1.24 bits per heavy atom. The van der Waals surface area contributed by atoms with Crippen molar-refractivity contribution < 1.29 is 14.7 Å². The van der Waals surface area contributed by atoms with Gasteiger partial charge in [0.1, 0.15) is 0 Å². The normalized spacial score (nSPS) is 10.6. The van der Waals surface area contributed by atoms with Crippen molar-refractivity contribution in [3.8, 4) is 0 Å². The fraction of sp³-hybridized carbons (Fsp3) is 0.500. The van der Waals surface area contributed by atoms with Crippen LogP contribution in [0.15, 0.2) is 12.1 Å². The second-order valence-electron chi connectivity index (χ2n) is 5.68. The molecule has 0 aromatic heterocycles. The molecule has 1 rings (SSSR count). The van der Waals surface area contributed by atoms with E-state index < -0.39 is 5.97 Å². The number of nitrogens with zero attached hydrogens (tertiary/aromatic N) is 1. The number of benzene rings is 1. The molecule has 2 N–H and O–H groups in total. The third-order valence-corrected chi connectivity index (χ3v) is 3.46. The molecule has 0 aliphatic heterocycles. The van der Waals surface area contributed by atoms with Gasteiger partial charge < -0.3 is 15.3 Å². The zero-order valence-corrected chi connectivity index (χ0v) is 13.4. The number of aryl methyl sites for hydroxylation is 2. The van der Waals surface area contributed by atoms with Crippen LogP contribution in [0.5, 0.6) is 0 Å². The smallest absolute Gasteiger partial charge is 0.321 e. The van der Waals surface area contributed by atoms with E-state index in [2.05, 4.69) is 31.3 Å². The van der Waals surface area contributed by atoms with Gasteiger partial charge in [-0.3, -0.25) is 4.79 Å². The molecule has 0 aliphatic carbocycles. The van der Waals surface area contributed by atoms with Gasteiger partial charge in [-0.15, -0.1) is 0 Å². The molecule has 1 aromatic rings. The van der Waals surface area contributed by atoms with E-state index in [1.165, 1.54) is 10.5 Å². The summed E-state index contributed by atoms with van der Waals surface area (Å²) in [6, 6.07) is 3.86. The summed E-state index contributed by atoms with van der Waals surface area (Å²) in [6.45, 7) is 8.37. The minimum Gasteiger partial charge on any atom is -0.481 e. The standard InChI is InChI=1S/C16H24N2O3/c1-10(2)13-8-11(3)15(12(4)9-13)17-16(21)18(5)7-6-14(19)20/h8-10H,6-7H2,1-5H3,(H,17,21)(H,19,20). The van der Waals surface area contributed by atoms with E-state index in [-0.39, 0.29) is 19.0 Å². The first kappa shape index (κ1) is 17.0. The maximum absolute atomic E-state index is 12.1. The fourth-order valence-corrected chi connectivity index (χ4v) is 2.09. The van der Waals surface area contributed by atoms with Gasteiger partial charge in [0.15, 0.2) is 0 Å². The van der Waals surface area contributed by atoms with Crippen LogP contribution in [0.3, 0.4) is 0 Å². The average molecular weight is 292 g/mol. The summed E-state index contributed by atoms with van der Waals surface area (Å²) in [4.78, 5) is 24.0. The van der Waals surface area contributed by atoms with Gasteiger partial charge in [0.2, 0.25) is 0 Å². The Morgan fingerprint density at radius 2 is 1.76 bits per heavy atom. The SMILES string of the molecule is Cc1cc(C(C)C)cc(C)c1NC(=O)N(C)CCC(=O)O. The van der Waals surface area contributed by atoms with E-state index in [9.17, 15) is 9.59 Å². The van der Waals surface area contributed by atoms with Crippen molar-refractivity contribution in [2.24, 2.45) is 0 Å². The van der Waals surface area contributed by atoms with E-state index >= 15 is 0 Å². The number of nitrogens with one attached hydrogen (secondary N) is 1. The van der Waals surface area contributed by atoms with Crippen LogP contribution >= 0.6 is 0 Å². The Labute approximate surface area is 126 Å². The van der Waals surface area contributed by atoms with E-state index in [0.29, 0.717) is 5.92 Å². The molecule has 116 valence electrons. The number of aliphatic carboxylic acids is 1. The lowest BCUT2D eigenvalue weighted by Gasteiger charge is -2.20. The first-order valence-electron chi connectivity index (χ1n) is 7.07. The van der Waals surface area contributed by atoms with Gasteiger partial charge in [0.05, 0.1) is 6.42 Å². The molecule has 0 fully saturated rings. The fourth-order valence-electron chi connectivity index (χ4n) is 2.09. The molecule has 0 unspecified atom stereocenters. The zero-order valence-electron chi connectivity index (χ0n) is 13.4. The minimum absolute atomic E-state index is 0.0613. The van der Waals surface area contributed by atoms with Crippen LogP contribution in [0.25, 0.3) is 0 Å². The summed E-state index contributed by atoms with van der Waals surface area (Å²) in [5, 5.41) is 11.5. The average Bonchev–Trinajstić information content (AvgIpc) is 2.39. The van der Waals surface area contributed by atoms with Crippen molar-refractivity contribution in [2.75, 3.05) is 18.9 Å². The van der Waals surface area contributed by atoms with Gasteiger partial charge in [-0.1, -0.05) is 26.0 Å². The molecule has 0 saturated heterocycles. The number of carboxylic acid groups (broad SMARTS) is 1. The monoisotopic (exact) mass is 292 g/mol. The Kier molecular flexibility index (Phi) is 5.76. The predicted molar refractivity (Wildman–Crippen MR) is 83.9 cm³/mol. The number of amides is 2. The highest BCUT2D eigenvalue weighted by Crippen LogP contribution is 2.26. The maximum atomic E-state index is 12.1. The van der Waals surface area contributed by atoms with Crippen LogP contribution in [0, 0.1) is 13.8 Å². The van der Waals surface area contributed by atoms with Crippen LogP contribution in [0.2, 0.25) is 0 Å². The van der Waals surface area contributed by atoms with Crippen molar-refractivity contribution in [3.63, 3.8) is 0 Å². The number of hydrogen-bond donors (Lipinski definition) is 2. The van der Waals surface area contributed by atoms with Crippen LogP contribution in [-0.2, 0) is 4.79 Å². The molecule has 0 saturated carbocycles. The Bertz CT molecular complexity index is 515. The van der Waals surface area contributed by atoms with Crippen LogP contribution in [0.4, 0.5) is 10.5 Å². The van der Waals surface area contributed by atoms with Gasteiger partial charge in [-0.05, 0) is 36.5 Å². The molecule has 5 heteroatoms. The molecule has 0 heterocycles. The van der Waals surface area contributed by atoms with Crippen molar-refractivity contribution in [3.05, 3.63) is 28.8 Å². The van der Waals surface area contributed by atoms with E-state index in [4.69, 9.17) is 5.11 Å². The highest BCUT2D eigenvalue weighted by Gasteiger charge is 2.14. The Morgan fingerprint density at radius 3 is 2.19 bits per heavy atom. The molecule has 0 atom stereocenters. The van der Waals surface area contributed by atoms with Gasteiger partial charge in [0.25, 0.3) is 0 Å². The Hall–Kier alpha value is -2.04. The van der Waals surface area contributed by atoms with Gasteiger partial charge in [0, 0.05) is 19.3 Å². The van der Waals surface area contributed by atoms with E-state index in [0.717, 1.165) is 16.8 Å². The number of rotatable bonds is 5. The van der Waals surface area contributed by atoms with Crippen molar-refractivity contribution >= 4 is 17.7 Å². The minimum atomic E-state index is -0.914. The number of carbonyl (C=O) groups excluding carboxylic acids is 1. The highest BCUT2D eigenvalue weighted by molar-refractivity contribution is 5.91. The van der Waals surface area contributed by atoms with Crippen LogP contribution in [-0.4, -0.2) is 35.6 Å². The number of anilines is 1. The molecule has 0 aliphatic rings. The highest BCUT2D eigenvalue weighted by atomic mass is 16.4. The van der Waals surface area contributed by atoms with Crippen LogP contribution < -0.4 is 5.32 Å². The second kappa shape index (κ2) is 7.11. The maximum Gasteiger partial charge on any atom is 0.321 e. The molecule has 2 amide bonds. The number of carboxylic acids is 1. The summed E-state index contributed by atoms with van der Waals surface area (Å²) >= 11 is 0. The molecule has 5 nitrogen and oxygen atoms in total. The van der Waals surface area contributed by atoms with Gasteiger partial charge in [-0.2, -0.15) is 0 Å². The topological polar surface area (TPSA) is 69.6 Å². The lowest BCUT2D eigenvalue weighted by Crippen LogP contribution is -2.33. The second-order valence-corrected chi connectivity index (χ2v) is 5.68. The summed E-state index contributed by atoms with van der Waals surface area (Å²) < 4.78 is 0. The molecule has 21 heavy (non-hydrogen) atoms. The number of urea groups is 1. The van der Waals surface area contributed by atoms with Crippen molar-refractivity contribution in [1.82, 2.24) is 4.90 Å². The summed E-state index contributed by atoms with van der Waals surface area (Å²) in [5.74, 6) is -0.478. The predicted octanol–water partition coefficient (Wildman–Crippen LogP) is 3.37. The third kappa shape index (κ3) is 4.77. The quantitative estimate of drug-likeness (QED) is 0.874. The van der Waals surface area contributed by atoms with Crippen LogP contribution in [0.1, 0.15) is 42.9 Å². The molecule has 1 aromatic carbocycles. The molecule has 0 radical (unpaired) electrons. The first-order valence-corrected chi connectivity index (χ1v) is 7.07. The summed E-state index contributed by atoms with van der Waals surface area (Å²) in [7, 11) is 1.59. The number of hydrogen-bond acceptors (Lipinski definition) is 2. The van der Waals surface area contributed by atoms with Gasteiger partial charge >= 0.3 is 12.0 Å². The summed E-state index contributed by atoms with van der Waals surface area (Å²) in [5.41, 5.74) is 4.06. The molecular formula is C16H24N2O3. The molecular weight excluding hydrogens is 268 g/mol. The zero-order chi connectivity index (χ0) is 16.2. The Balaban J connectivity index is 2.83. The van der Waals surface area contributed by atoms with Crippen molar-refractivity contribution in [2.45, 2.75) is 40.0 Å².